The number of nitrogens with one attached hydrogen (secondary N) is 1. The SMILES string of the molecule is CCC(C)NC(=O)c1nc(-c2ccccc2)cnc1N. The Bertz CT molecular complexity index is 598. The van der Waals surface area contributed by atoms with E-state index in [1.54, 1.807) is 6.20 Å². The summed E-state index contributed by atoms with van der Waals surface area (Å²) in [5.41, 5.74) is 7.46. The van der Waals surface area contributed by atoms with Crippen LogP contribution in [0.1, 0.15) is 30.8 Å². The van der Waals surface area contributed by atoms with Crippen LogP contribution in [0.2, 0.25) is 0 Å². The largest absolute Gasteiger partial charge is 0.382 e. The van der Waals surface area contributed by atoms with Crippen molar-refractivity contribution in [3.63, 3.8) is 0 Å². The molecule has 1 atom stereocenters. The summed E-state index contributed by atoms with van der Waals surface area (Å²) in [4.78, 5) is 20.5. The van der Waals surface area contributed by atoms with Crippen LogP contribution in [-0.4, -0.2) is 21.9 Å². The van der Waals surface area contributed by atoms with E-state index in [0.29, 0.717) is 5.69 Å². The summed E-state index contributed by atoms with van der Waals surface area (Å²) in [6, 6.07) is 9.64. The van der Waals surface area contributed by atoms with E-state index < -0.39 is 0 Å². The molecule has 0 spiro atoms. The van der Waals surface area contributed by atoms with Crippen LogP contribution < -0.4 is 11.1 Å². The van der Waals surface area contributed by atoms with Gasteiger partial charge in [0.1, 0.15) is 0 Å². The summed E-state index contributed by atoms with van der Waals surface area (Å²) >= 11 is 0. The van der Waals surface area contributed by atoms with Crippen molar-refractivity contribution in [1.82, 2.24) is 15.3 Å². The van der Waals surface area contributed by atoms with E-state index in [2.05, 4.69) is 15.3 Å². The standard InChI is InChI=1S/C15H18N4O/c1-3-10(2)18-15(20)13-14(16)17-9-12(19-13)11-7-5-4-6-8-11/h4-10H,3H2,1-2H3,(H2,16,17)(H,18,20). The van der Waals surface area contributed by atoms with Gasteiger partial charge in [0.2, 0.25) is 0 Å². The predicted octanol–water partition coefficient (Wildman–Crippen LogP) is 2.25. The lowest BCUT2D eigenvalue weighted by atomic mass is 10.1. The molecule has 0 radical (unpaired) electrons. The van der Waals surface area contributed by atoms with Crippen LogP contribution in [0.25, 0.3) is 11.3 Å². The van der Waals surface area contributed by atoms with Gasteiger partial charge in [0, 0.05) is 11.6 Å². The lowest BCUT2D eigenvalue weighted by Crippen LogP contribution is -2.33. The van der Waals surface area contributed by atoms with Crippen LogP contribution in [0.5, 0.6) is 0 Å². The summed E-state index contributed by atoms with van der Waals surface area (Å²) in [7, 11) is 0. The minimum absolute atomic E-state index is 0.0732. The molecule has 0 fully saturated rings. The van der Waals surface area contributed by atoms with E-state index in [0.717, 1.165) is 12.0 Å². The maximum Gasteiger partial charge on any atom is 0.273 e. The number of hydrogen-bond acceptors (Lipinski definition) is 4. The summed E-state index contributed by atoms with van der Waals surface area (Å²) < 4.78 is 0. The van der Waals surface area contributed by atoms with Crippen molar-refractivity contribution in [2.45, 2.75) is 26.3 Å². The van der Waals surface area contributed by atoms with Gasteiger partial charge in [-0.05, 0) is 13.3 Å². The third kappa shape index (κ3) is 3.12. The first-order valence-electron chi connectivity index (χ1n) is 6.60. The van der Waals surface area contributed by atoms with Crippen molar-refractivity contribution < 1.29 is 4.79 Å². The number of aromatic nitrogens is 2. The Morgan fingerprint density at radius 1 is 1.35 bits per heavy atom. The van der Waals surface area contributed by atoms with Gasteiger partial charge in [-0.3, -0.25) is 4.79 Å². The second-order valence-electron chi connectivity index (χ2n) is 4.64. The maximum atomic E-state index is 12.1. The molecule has 104 valence electrons. The number of nitrogens with zero attached hydrogens (tertiary/aromatic N) is 2. The van der Waals surface area contributed by atoms with E-state index in [4.69, 9.17) is 5.73 Å². The van der Waals surface area contributed by atoms with Crippen molar-refractivity contribution in [1.29, 1.82) is 0 Å². The number of rotatable bonds is 4. The number of nitrogen functional groups attached to an aromatic ring is 1. The molecule has 1 heterocycles. The number of nitrogens with two attached hydrogens (primary N) is 1. The van der Waals surface area contributed by atoms with Gasteiger partial charge in [0.25, 0.3) is 5.91 Å². The van der Waals surface area contributed by atoms with Crippen molar-refractivity contribution in [2.75, 3.05) is 5.73 Å². The molecule has 1 amide bonds. The van der Waals surface area contributed by atoms with Crippen LogP contribution in [0.4, 0.5) is 5.82 Å². The summed E-state index contributed by atoms with van der Waals surface area (Å²) in [6.07, 6.45) is 2.42. The molecule has 5 heteroatoms. The quantitative estimate of drug-likeness (QED) is 0.893. The Labute approximate surface area is 118 Å². The van der Waals surface area contributed by atoms with Crippen LogP contribution >= 0.6 is 0 Å². The molecule has 1 aromatic carbocycles. The van der Waals surface area contributed by atoms with Crippen molar-refractivity contribution in [3.05, 3.63) is 42.2 Å². The molecular weight excluding hydrogens is 252 g/mol. The zero-order valence-electron chi connectivity index (χ0n) is 11.6. The minimum Gasteiger partial charge on any atom is -0.382 e. The molecular formula is C15H18N4O. The second-order valence-corrected chi connectivity index (χ2v) is 4.64. The molecule has 5 nitrogen and oxygen atoms in total. The molecule has 0 saturated heterocycles. The summed E-state index contributed by atoms with van der Waals surface area (Å²) in [5, 5.41) is 2.84. The highest BCUT2D eigenvalue weighted by atomic mass is 16.2. The second kappa shape index (κ2) is 6.14. The molecule has 1 aromatic heterocycles. The van der Waals surface area contributed by atoms with Crippen molar-refractivity contribution >= 4 is 11.7 Å². The van der Waals surface area contributed by atoms with E-state index in [1.165, 1.54) is 0 Å². The number of amides is 1. The average Bonchev–Trinajstić information content (AvgIpc) is 2.48. The van der Waals surface area contributed by atoms with Crippen LogP contribution in [-0.2, 0) is 0 Å². The molecule has 0 bridgehead atoms. The topological polar surface area (TPSA) is 80.9 Å². The van der Waals surface area contributed by atoms with E-state index in [9.17, 15) is 4.79 Å². The molecule has 3 N–H and O–H groups in total. The molecule has 1 unspecified atom stereocenters. The maximum absolute atomic E-state index is 12.1. The van der Waals surface area contributed by atoms with Gasteiger partial charge in [-0.15, -0.1) is 0 Å². The van der Waals surface area contributed by atoms with Gasteiger partial charge in [0.15, 0.2) is 11.5 Å². The third-order valence-electron chi connectivity index (χ3n) is 3.08. The lowest BCUT2D eigenvalue weighted by molar-refractivity contribution is 0.0935. The Balaban J connectivity index is 2.32. The van der Waals surface area contributed by atoms with E-state index in [-0.39, 0.29) is 23.5 Å². The Kier molecular flexibility index (Phi) is 4.30. The first-order valence-corrected chi connectivity index (χ1v) is 6.60. The average molecular weight is 270 g/mol. The van der Waals surface area contributed by atoms with Gasteiger partial charge in [-0.2, -0.15) is 0 Å². The minimum atomic E-state index is -0.290. The summed E-state index contributed by atoms with van der Waals surface area (Å²) in [6.45, 7) is 3.93. The highest BCUT2D eigenvalue weighted by Crippen LogP contribution is 2.17. The molecule has 20 heavy (non-hydrogen) atoms. The fraction of sp³-hybridized carbons (Fsp3) is 0.267. The van der Waals surface area contributed by atoms with Gasteiger partial charge < -0.3 is 11.1 Å². The third-order valence-corrected chi connectivity index (χ3v) is 3.08. The highest BCUT2D eigenvalue weighted by molar-refractivity contribution is 5.96. The number of anilines is 1. The molecule has 0 saturated carbocycles. The Morgan fingerprint density at radius 3 is 2.70 bits per heavy atom. The van der Waals surface area contributed by atoms with Crippen LogP contribution in [0.15, 0.2) is 36.5 Å². The zero-order valence-corrected chi connectivity index (χ0v) is 11.6. The molecule has 2 rings (SSSR count). The van der Waals surface area contributed by atoms with Crippen molar-refractivity contribution in [3.8, 4) is 11.3 Å². The lowest BCUT2D eigenvalue weighted by Gasteiger charge is -2.12. The molecule has 0 aliphatic rings. The van der Waals surface area contributed by atoms with Gasteiger partial charge >= 0.3 is 0 Å². The van der Waals surface area contributed by atoms with Gasteiger partial charge in [-0.1, -0.05) is 37.3 Å². The number of carbonyl (C=O) groups excluding carboxylic acids is 1. The molecule has 0 aliphatic carbocycles. The van der Waals surface area contributed by atoms with E-state index in [1.807, 2.05) is 44.2 Å². The Hall–Kier alpha value is -2.43. The van der Waals surface area contributed by atoms with Crippen LogP contribution in [0, 0.1) is 0 Å². The highest BCUT2D eigenvalue weighted by Gasteiger charge is 2.15. The number of hydrogen-bond donors (Lipinski definition) is 2. The summed E-state index contributed by atoms with van der Waals surface area (Å²) in [5.74, 6) is -0.146. The van der Waals surface area contributed by atoms with E-state index >= 15 is 0 Å². The first-order chi connectivity index (χ1) is 9.61. The smallest absolute Gasteiger partial charge is 0.273 e. The fourth-order valence-corrected chi connectivity index (χ4v) is 1.71. The van der Waals surface area contributed by atoms with Crippen LogP contribution in [0.3, 0.4) is 0 Å². The fourth-order valence-electron chi connectivity index (χ4n) is 1.71. The number of carbonyl (C=O) groups is 1. The molecule has 0 aliphatic heterocycles. The van der Waals surface area contributed by atoms with Crippen molar-refractivity contribution in [2.24, 2.45) is 0 Å². The van der Waals surface area contributed by atoms with Gasteiger partial charge in [-0.25, -0.2) is 9.97 Å². The molecule has 2 aromatic rings. The van der Waals surface area contributed by atoms with Gasteiger partial charge in [0.05, 0.1) is 11.9 Å². The number of benzene rings is 1. The normalized spacial score (nSPS) is 11.9. The first kappa shape index (κ1) is 14.0. The predicted molar refractivity (Wildman–Crippen MR) is 79.1 cm³/mol. The monoisotopic (exact) mass is 270 g/mol. The Morgan fingerprint density at radius 2 is 2.05 bits per heavy atom. The zero-order chi connectivity index (χ0) is 14.5.